The summed E-state index contributed by atoms with van der Waals surface area (Å²) in [4.78, 5) is 12.4. The molecule has 0 aliphatic heterocycles. The standard InChI is InChI=1S/C16H23BrN2O/c1-11-9-13(17)15(10-14(11)18)19-16(20)12-7-5-3-2-4-6-8-12/h9-10,12H,2-8,18H2,1H3,(H,19,20). The van der Waals surface area contributed by atoms with Gasteiger partial charge in [0.1, 0.15) is 0 Å². The molecule has 0 bridgehead atoms. The predicted molar refractivity (Wildman–Crippen MR) is 87.7 cm³/mol. The molecule has 1 fully saturated rings. The van der Waals surface area contributed by atoms with E-state index < -0.39 is 0 Å². The molecule has 0 aromatic heterocycles. The van der Waals surface area contributed by atoms with Crippen LogP contribution in [0, 0.1) is 12.8 Å². The van der Waals surface area contributed by atoms with Crippen molar-refractivity contribution in [2.75, 3.05) is 11.1 Å². The minimum atomic E-state index is 0.135. The third-order valence-electron chi connectivity index (χ3n) is 4.09. The Morgan fingerprint density at radius 3 is 2.45 bits per heavy atom. The van der Waals surface area contributed by atoms with Crippen molar-refractivity contribution in [3.8, 4) is 0 Å². The summed E-state index contributed by atoms with van der Waals surface area (Å²) in [6.45, 7) is 1.96. The van der Waals surface area contributed by atoms with Crippen LogP contribution in [-0.4, -0.2) is 5.91 Å². The molecule has 2 rings (SSSR count). The second-order valence-electron chi connectivity index (χ2n) is 5.72. The topological polar surface area (TPSA) is 55.1 Å². The van der Waals surface area contributed by atoms with Crippen LogP contribution < -0.4 is 11.1 Å². The van der Waals surface area contributed by atoms with Crippen LogP contribution in [0.5, 0.6) is 0 Å². The first-order chi connectivity index (χ1) is 9.58. The summed E-state index contributed by atoms with van der Waals surface area (Å²) in [5.41, 5.74) is 8.42. The van der Waals surface area contributed by atoms with E-state index in [1.165, 1.54) is 19.3 Å². The van der Waals surface area contributed by atoms with E-state index in [1.807, 2.05) is 19.1 Å². The van der Waals surface area contributed by atoms with Crippen molar-refractivity contribution < 1.29 is 4.79 Å². The van der Waals surface area contributed by atoms with Gasteiger partial charge in [-0.05, 0) is 53.4 Å². The van der Waals surface area contributed by atoms with Gasteiger partial charge in [-0.2, -0.15) is 0 Å². The summed E-state index contributed by atoms with van der Waals surface area (Å²) in [7, 11) is 0. The first kappa shape index (κ1) is 15.4. The van der Waals surface area contributed by atoms with E-state index in [2.05, 4.69) is 21.2 Å². The first-order valence-electron chi connectivity index (χ1n) is 7.44. The lowest BCUT2D eigenvalue weighted by Crippen LogP contribution is -2.24. The summed E-state index contributed by atoms with van der Waals surface area (Å²) in [5.74, 6) is 0.278. The zero-order valence-corrected chi connectivity index (χ0v) is 13.6. The first-order valence-corrected chi connectivity index (χ1v) is 8.23. The highest BCUT2D eigenvalue weighted by Crippen LogP contribution is 2.29. The highest BCUT2D eigenvalue weighted by molar-refractivity contribution is 9.10. The molecule has 1 aliphatic rings. The number of halogens is 1. The minimum Gasteiger partial charge on any atom is -0.398 e. The van der Waals surface area contributed by atoms with Crippen molar-refractivity contribution in [2.24, 2.45) is 5.92 Å². The number of nitrogen functional groups attached to an aromatic ring is 1. The van der Waals surface area contributed by atoms with E-state index in [0.29, 0.717) is 5.69 Å². The molecular weight excluding hydrogens is 316 g/mol. The SMILES string of the molecule is Cc1cc(Br)c(NC(=O)C2CCCCCCC2)cc1N. The highest BCUT2D eigenvalue weighted by Gasteiger charge is 2.20. The Balaban J connectivity index is 2.04. The van der Waals surface area contributed by atoms with E-state index in [0.717, 1.165) is 41.4 Å². The number of benzene rings is 1. The smallest absolute Gasteiger partial charge is 0.227 e. The second-order valence-corrected chi connectivity index (χ2v) is 6.57. The molecule has 1 saturated carbocycles. The summed E-state index contributed by atoms with van der Waals surface area (Å²) in [5, 5.41) is 3.03. The summed E-state index contributed by atoms with van der Waals surface area (Å²) < 4.78 is 0.892. The molecule has 1 aromatic carbocycles. The van der Waals surface area contributed by atoms with Gasteiger partial charge in [0.25, 0.3) is 0 Å². The number of carbonyl (C=O) groups is 1. The summed E-state index contributed by atoms with van der Waals surface area (Å²) in [6, 6.07) is 3.78. The van der Waals surface area contributed by atoms with E-state index in [1.54, 1.807) is 0 Å². The minimum absolute atomic E-state index is 0.135. The molecule has 0 atom stereocenters. The molecule has 3 N–H and O–H groups in total. The van der Waals surface area contributed by atoms with Gasteiger partial charge in [0, 0.05) is 16.1 Å². The summed E-state index contributed by atoms with van der Waals surface area (Å²) in [6.07, 6.45) is 8.16. The number of rotatable bonds is 2. The number of aryl methyl sites for hydroxylation is 1. The number of hydrogen-bond acceptors (Lipinski definition) is 2. The molecule has 0 heterocycles. The monoisotopic (exact) mass is 338 g/mol. The van der Waals surface area contributed by atoms with Crippen LogP contribution in [0.1, 0.15) is 50.5 Å². The van der Waals surface area contributed by atoms with Crippen molar-refractivity contribution in [3.63, 3.8) is 0 Å². The molecule has 1 amide bonds. The van der Waals surface area contributed by atoms with Gasteiger partial charge < -0.3 is 11.1 Å². The number of amides is 1. The predicted octanol–water partition coefficient (Wildman–Crippen LogP) is 4.64. The average molecular weight is 339 g/mol. The Bertz CT molecular complexity index is 480. The van der Waals surface area contributed by atoms with Gasteiger partial charge in [-0.15, -0.1) is 0 Å². The van der Waals surface area contributed by atoms with Gasteiger partial charge in [0.15, 0.2) is 0 Å². The fourth-order valence-electron chi connectivity index (χ4n) is 2.74. The van der Waals surface area contributed by atoms with Crippen LogP contribution in [0.4, 0.5) is 11.4 Å². The molecule has 0 radical (unpaired) electrons. The lowest BCUT2D eigenvalue weighted by atomic mass is 9.90. The molecular formula is C16H23BrN2O. The lowest BCUT2D eigenvalue weighted by molar-refractivity contribution is -0.120. The molecule has 1 aromatic rings. The van der Waals surface area contributed by atoms with Gasteiger partial charge in [-0.1, -0.05) is 32.1 Å². The molecule has 0 unspecified atom stereocenters. The quantitative estimate of drug-likeness (QED) is 0.771. The Hall–Kier alpha value is -1.03. The van der Waals surface area contributed by atoms with Crippen LogP contribution in [0.3, 0.4) is 0 Å². The van der Waals surface area contributed by atoms with Crippen molar-refractivity contribution >= 4 is 33.2 Å². The molecule has 20 heavy (non-hydrogen) atoms. The van der Waals surface area contributed by atoms with Crippen molar-refractivity contribution in [1.29, 1.82) is 0 Å². The maximum absolute atomic E-state index is 12.4. The number of nitrogens with two attached hydrogens (primary N) is 1. The Morgan fingerprint density at radius 2 is 1.80 bits per heavy atom. The Labute approximate surface area is 129 Å². The molecule has 3 nitrogen and oxygen atoms in total. The largest absolute Gasteiger partial charge is 0.398 e. The van der Waals surface area contributed by atoms with Crippen LogP contribution in [0.2, 0.25) is 0 Å². The number of anilines is 2. The molecule has 4 heteroatoms. The molecule has 0 spiro atoms. The van der Waals surface area contributed by atoms with E-state index in [9.17, 15) is 4.79 Å². The Morgan fingerprint density at radius 1 is 1.20 bits per heavy atom. The number of nitrogens with one attached hydrogen (secondary N) is 1. The number of hydrogen-bond donors (Lipinski definition) is 2. The second kappa shape index (κ2) is 7.11. The normalized spacial score (nSPS) is 17.3. The average Bonchev–Trinajstić information content (AvgIpc) is 2.35. The van der Waals surface area contributed by atoms with Crippen LogP contribution >= 0.6 is 15.9 Å². The maximum atomic E-state index is 12.4. The van der Waals surface area contributed by atoms with Crippen molar-refractivity contribution in [3.05, 3.63) is 22.2 Å². The van der Waals surface area contributed by atoms with E-state index in [4.69, 9.17) is 5.73 Å². The maximum Gasteiger partial charge on any atom is 0.227 e. The van der Waals surface area contributed by atoms with Crippen molar-refractivity contribution in [1.82, 2.24) is 0 Å². The molecule has 1 aliphatic carbocycles. The Kier molecular flexibility index (Phi) is 5.46. The van der Waals surface area contributed by atoms with Gasteiger partial charge in [0.05, 0.1) is 5.69 Å². The zero-order valence-electron chi connectivity index (χ0n) is 12.0. The van der Waals surface area contributed by atoms with E-state index in [-0.39, 0.29) is 11.8 Å². The van der Waals surface area contributed by atoms with Crippen molar-refractivity contribution in [2.45, 2.75) is 51.9 Å². The molecule has 0 saturated heterocycles. The van der Waals surface area contributed by atoms with Crippen LogP contribution in [0.25, 0.3) is 0 Å². The molecule has 110 valence electrons. The zero-order chi connectivity index (χ0) is 14.5. The van der Waals surface area contributed by atoms with Gasteiger partial charge in [-0.3, -0.25) is 4.79 Å². The third-order valence-corrected chi connectivity index (χ3v) is 4.75. The van der Waals surface area contributed by atoms with Gasteiger partial charge >= 0.3 is 0 Å². The number of carbonyl (C=O) groups excluding carboxylic acids is 1. The lowest BCUT2D eigenvalue weighted by Gasteiger charge is -2.20. The highest BCUT2D eigenvalue weighted by atomic mass is 79.9. The van der Waals surface area contributed by atoms with Gasteiger partial charge in [-0.25, -0.2) is 0 Å². The summed E-state index contributed by atoms with van der Waals surface area (Å²) >= 11 is 3.49. The van der Waals surface area contributed by atoms with Crippen LogP contribution in [-0.2, 0) is 4.79 Å². The fraction of sp³-hybridized carbons (Fsp3) is 0.562. The third kappa shape index (κ3) is 3.98. The van der Waals surface area contributed by atoms with Crippen LogP contribution in [0.15, 0.2) is 16.6 Å². The van der Waals surface area contributed by atoms with Gasteiger partial charge in [0.2, 0.25) is 5.91 Å². The van der Waals surface area contributed by atoms with E-state index >= 15 is 0 Å². The fourth-order valence-corrected chi connectivity index (χ4v) is 3.30.